The number of aliphatic carboxylic acids is 1. The molecule has 1 saturated carbocycles. The summed E-state index contributed by atoms with van der Waals surface area (Å²) >= 11 is 0. The fraction of sp³-hybridized carbons (Fsp3) is 0.438. The summed E-state index contributed by atoms with van der Waals surface area (Å²) in [5, 5.41) is 20.9. The molecule has 21 heavy (non-hydrogen) atoms. The van der Waals surface area contributed by atoms with E-state index in [1.807, 2.05) is 13.0 Å². The lowest BCUT2D eigenvalue weighted by molar-refractivity contribution is -0.148. The van der Waals surface area contributed by atoms with Crippen LogP contribution < -0.4 is 5.32 Å². The van der Waals surface area contributed by atoms with Crippen LogP contribution in [-0.4, -0.2) is 17.0 Å². The number of hydrogen-bond acceptors (Lipinski definition) is 3. The van der Waals surface area contributed by atoms with Gasteiger partial charge in [0.25, 0.3) is 0 Å². The van der Waals surface area contributed by atoms with Crippen LogP contribution in [0, 0.1) is 29.1 Å². The second-order valence-corrected chi connectivity index (χ2v) is 5.65. The second kappa shape index (κ2) is 6.40. The number of nitrogens with one attached hydrogen (secondary N) is 1. The largest absolute Gasteiger partial charge is 0.481 e. The van der Waals surface area contributed by atoms with Crippen molar-refractivity contribution in [1.29, 1.82) is 5.26 Å². The third-order valence-electron chi connectivity index (χ3n) is 4.03. The molecule has 3 atom stereocenters. The van der Waals surface area contributed by atoms with Gasteiger partial charge in [-0.05, 0) is 43.4 Å². The van der Waals surface area contributed by atoms with E-state index in [-0.39, 0.29) is 5.91 Å². The SMILES string of the molecule is CC1CCC(C(=O)Nc2cccc(C#N)c2)C(C(=O)O)C1. The van der Waals surface area contributed by atoms with E-state index < -0.39 is 17.8 Å². The number of nitrogens with zero attached hydrogens (tertiary/aromatic N) is 1. The van der Waals surface area contributed by atoms with E-state index in [2.05, 4.69) is 5.32 Å². The van der Waals surface area contributed by atoms with Crippen molar-refractivity contribution >= 4 is 17.6 Å². The molecule has 1 fully saturated rings. The highest BCUT2D eigenvalue weighted by Crippen LogP contribution is 2.34. The third kappa shape index (κ3) is 3.60. The molecule has 0 bridgehead atoms. The topological polar surface area (TPSA) is 90.2 Å². The maximum absolute atomic E-state index is 12.3. The first kappa shape index (κ1) is 15.0. The Bertz CT molecular complexity index is 591. The number of hydrogen-bond donors (Lipinski definition) is 2. The summed E-state index contributed by atoms with van der Waals surface area (Å²) in [6, 6.07) is 8.62. The first-order chi connectivity index (χ1) is 10.0. The number of nitriles is 1. The molecule has 0 heterocycles. The van der Waals surface area contributed by atoms with Crippen LogP contribution in [-0.2, 0) is 9.59 Å². The summed E-state index contributed by atoms with van der Waals surface area (Å²) in [5.74, 6) is -1.99. The van der Waals surface area contributed by atoms with Crippen LogP contribution in [0.2, 0.25) is 0 Å². The molecule has 1 amide bonds. The van der Waals surface area contributed by atoms with E-state index in [1.54, 1.807) is 24.3 Å². The average molecular weight is 286 g/mol. The number of benzene rings is 1. The molecule has 2 N–H and O–H groups in total. The van der Waals surface area contributed by atoms with Crippen molar-refractivity contribution in [2.75, 3.05) is 5.32 Å². The minimum absolute atomic E-state index is 0.274. The molecule has 3 unspecified atom stereocenters. The summed E-state index contributed by atoms with van der Waals surface area (Å²) in [7, 11) is 0. The van der Waals surface area contributed by atoms with Crippen LogP contribution >= 0.6 is 0 Å². The molecule has 1 aliphatic carbocycles. The number of carbonyl (C=O) groups excluding carboxylic acids is 1. The molecule has 1 aliphatic rings. The predicted octanol–water partition coefficient (Wildman–Crippen LogP) is 2.63. The molecule has 2 rings (SSSR count). The second-order valence-electron chi connectivity index (χ2n) is 5.65. The van der Waals surface area contributed by atoms with Crippen LogP contribution in [0.1, 0.15) is 31.7 Å². The lowest BCUT2D eigenvalue weighted by atomic mass is 9.74. The van der Waals surface area contributed by atoms with Crippen LogP contribution in [0.3, 0.4) is 0 Å². The van der Waals surface area contributed by atoms with Gasteiger partial charge in [0.1, 0.15) is 0 Å². The van der Waals surface area contributed by atoms with Gasteiger partial charge in [0.05, 0.1) is 23.5 Å². The zero-order valence-corrected chi connectivity index (χ0v) is 11.9. The molecular formula is C16H18N2O3. The van der Waals surface area contributed by atoms with Gasteiger partial charge in [0.2, 0.25) is 5.91 Å². The van der Waals surface area contributed by atoms with Crippen LogP contribution in [0.5, 0.6) is 0 Å². The smallest absolute Gasteiger partial charge is 0.307 e. The van der Waals surface area contributed by atoms with Gasteiger partial charge >= 0.3 is 5.97 Å². The highest BCUT2D eigenvalue weighted by Gasteiger charge is 2.38. The van der Waals surface area contributed by atoms with E-state index >= 15 is 0 Å². The van der Waals surface area contributed by atoms with E-state index in [0.717, 1.165) is 6.42 Å². The molecule has 0 aromatic heterocycles. The fourth-order valence-electron chi connectivity index (χ4n) is 2.87. The number of anilines is 1. The summed E-state index contributed by atoms with van der Waals surface area (Å²) in [6.45, 7) is 2.01. The maximum Gasteiger partial charge on any atom is 0.307 e. The Labute approximate surface area is 123 Å². The molecule has 0 radical (unpaired) electrons. The van der Waals surface area contributed by atoms with E-state index in [1.165, 1.54) is 0 Å². The lowest BCUT2D eigenvalue weighted by Gasteiger charge is -2.31. The number of carboxylic acids is 1. The monoisotopic (exact) mass is 286 g/mol. The average Bonchev–Trinajstić information content (AvgIpc) is 2.47. The molecule has 0 spiro atoms. The van der Waals surface area contributed by atoms with Gasteiger partial charge in [-0.1, -0.05) is 13.0 Å². The maximum atomic E-state index is 12.3. The van der Waals surface area contributed by atoms with Gasteiger partial charge in [-0.15, -0.1) is 0 Å². The Morgan fingerprint density at radius 2 is 2.10 bits per heavy atom. The van der Waals surface area contributed by atoms with E-state index in [0.29, 0.717) is 30.0 Å². The molecule has 0 saturated heterocycles. The Balaban J connectivity index is 2.11. The quantitative estimate of drug-likeness (QED) is 0.893. The van der Waals surface area contributed by atoms with Crippen molar-refractivity contribution in [2.45, 2.75) is 26.2 Å². The summed E-state index contributed by atoms with van der Waals surface area (Å²) in [6.07, 6.45) is 1.98. The molecule has 5 heteroatoms. The van der Waals surface area contributed by atoms with Gasteiger partial charge in [0, 0.05) is 5.69 Å². The molecule has 5 nitrogen and oxygen atoms in total. The van der Waals surface area contributed by atoms with Crippen molar-refractivity contribution in [2.24, 2.45) is 17.8 Å². The van der Waals surface area contributed by atoms with Gasteiger partial charge in [-0.2, -0.15) is 5.26 Å². The highest BCUT2D eigenvalue weighted by molar-refractivity contribution is 5.95. The molecule has 110 valence electrons. The van der Waals surface area contributed by atoms with Gasteiger partial charge in [0.15, 0.2) is 0 Å². The normalized spacial score (nSPS) is 24.9. The molecule has 0 aliphatic heterocycles. The summed E-state index contributed by atoms with van der Waals surface area (Å²) in [5.41, 5.74) is 0.988. The van der Waals surface area contributed by atoms with Crippen LogP contribution in [0.25, 0.3) is 0 Å². The Morgan fingerprint density at radius 1 is 1.33 bits per heavy atom. The zero-order chi connectivity index (χ0) is 15.4. The van der Waals surface area contributed by atoms with Gasteiger partial charge < -0.3 is 10.4 Å². The van der Waals surface area contributed by atoms with E-state index in [9.17, 15) is 14.7 Å². The highest BCUT2D eigenvalue weighted by atomic mass is 16.4. The number of rotatable bonds is 3. The fourth-order valence-corrected chi connectivity index (χ4v) is 2.87. The van der Waals surface area contributed by atoms with Crippen molar-refractivity contribution in [1.82, 2.24) is 0 Å². The van der Waals surface area contributed by atoms with Crippen LogP contribution in [0.4, 0.5) is 5.69 Å². The Kier molecular flexibility index (Phi) is 4.59. The summed E-state index contributed by atoms with van der Waals surface area (Å²) in [4.78, 5) is 23.7. The van der Waals surface area contributed by atoms with E-state index in [4.69, 9.17) is 5.26 Å². The van der Waals surface area contributed by atoms with Crippen molar-refractivity contribution < 1.29 is 14.7 Å². The zero-order valence-electron chi connectivity index (χ0n) is 11.9. The van der Waals surface area contributed by atoms with Crippen molar-refractivity contribution in [3.8, 4) is 6.07 Å². The third-order valence-corrected chi connectivity index (χ3v) is 4.03. The predicted molar refractivity (Wildman–Crippen MR) is 77.4 cm³/mol. The Morgan fingerprint density at radius 3 is 2.76 bits per heavy atom. The summed E-state index contributed by atoms with van der Waals surface area (Å²) < 4.78 is 0. The molecule has 1 aromatic carbocycles. The standard InChI is InChI=1S/C16H18N2O3/c1-10-5-6-13(14(7-10)16(20)21)15(19)18-12-4-2-3-11(8-12)9-17/h2-4,8,10,13-14H,5-7H2,1H3,(H,18,19)(H,20,21). The van der Waals surface area contributed by atoms with Crippen molar-refractivity contribution in [3.05, 3.63) is 29.8 Å². The van der Waals surface area contributed by atoms with Crippen molar-refractivity contribution in [3.63, 3.8) is 0 Å². The number of amides is 1. The van der Waals surface area contributed by atoms with Gasteiger partial charge in [-0.25, -0.2) is 0 Å². The van der Waals surface area contributed by atoms with Gasteiger partial charge in [-0.3, -0.25) is 9.59 Å². The molecule has 1 aromatic rings. The first-order valence-corrected chi connectivity index (χ1v) is 7.05. The first-order valence-electron chi connectivity index (χ1n) is 7.05. The minimum Gasteiger partial charge on any atom is -0.481 e. The number of carbonyl (C=O) groups is 2. The van der Waals surface area contributed by atoms with Crippen LogP contribution in [0.15, 0.2) is 24.3 Å². The Hall–Kier alpha value is -2.35. The minimum atomic E-state index is -0.910. The number of carboxylic acid groups (broad SMARTS) is 1. The lowest BCUT2D eigenvalue weighted by Crippen LogP contribution is -2.38. The molecular weight excluding hydrogens is 268 g/mol.